The summed E-state index contributed by atoms with van der Waals surface area (Å²) in [7, 11) is 0. The lowest BCUT2D eigenvalue weighted by molar-refractivity contribution is -0.123. The summed E-state index contributed by atoms with van der Waals surface area (Å²) in [6.45, 7) is 6.31. The van der Waals surface area contributed by atoms with Crippen molar-refractivity contribution in [1.29, 1.82) is 0 Å². The van der Waals surface area contributed by atoms with Gasteiger partial charge in [-0.2, -0.15) is 0 Å². The van der Waals surface area contributed by atoms with Crippen LogP contribution in [0.2, 0.25) is 0 Å². The van der Waals surface area contributed by atoms with E-state index in [2.05, 4.69) is 24.5 Å². The van der Waals surface area contributed by atoms with Crippen LogP contribution in [-0.2, 0) is 4.79 Å². The summed E-state index contributed by atoms with van der Waals surface area (Å²) in [5.41, 5.74) is 0.345. The van der Waals surface area contributed by atoms with Crippen molar-refractivity contribution < 1.29 is 4.79 Å². The Morgan fingerprint density at radius 3 is 2.93 bits per heavy atom. The van der Waals surface area contributed by atoms with E-state index in [1.54, 1.807) is 0 Å². The van der Waals surface area contributed by atoms with E-state index in [-0.39, 0.29) is 18.3 Å². The molecule has 1 spiro atoms. The third kappa shape index (κ3) is 2.45. The van der Waals surface area contributed by atoms with Gasteiger partial charge in [0.2, 0.25) is 5.91 Å². The van der Waals surface area contributed by atoms with Crippen molar-refractivity contribution in [3.63, 3.8) is 0 Å². The monoisotopic (exact) mass is 232 g/mol. The second kappa shape index (κ2) is 4.71. The molecule has 1 saturated carbocycles. The maximum Gasteiger partial charge on any atom is 0.223 e. The average molecular weight is 233 g/mol. The Morgan fingerprint density at radius 1 is 1.67 bits per heavy atom. The molecule has 0 aromatic rings. The Labute approximate surface area is 97.8 Å². The molecule has 2 aliphatic rings. The van der Waals surface area contributed by atoms with Crippen LogP contribution in [0.4, 0.5) is 0 Å². The van der Waals surface area contributed by atoms with Crippen LogP contribution in [0.1, 0.15) is 33.1 Å². The summed E-state index contributed by atoms with van der Waals surface area (Å²) in [5, 5.41) is 6.42. The quantitative estimate of drug-likeness (QED) is 0.771. The summed E-state index contributed by atoms with van der Waals surface area (Å²) in [6.07, 6.45) is 3.30. The number of rotatable bonds is 3. The number of halogens is 1. The van der Waals surface area contributed by atoms with E-state index in [0.717, 1.165) is 25.9 Å². The molecule has 1 aliphatic heterocycles. The lowest BCUT2D eigenvalue weighted by atomic mass is 10.0. The van der Waals surface area contributed by atoms with Gasteiger partial charge >= 0.3 is 0 Å². The van der Waals surface area contributed by atoms with Crippen LogP contribution in [0.15, 0.2) is 0 Å². The Hall–Kier alpha value is -0.280. The molecule has 88 valence electrons. The third-order valence-electron chi connectivity index (χ3n) is 3.78. The van der Waals surface area contributed by atoms with Gasteiger partial charge in [0, 0.05) is 18.5 Å². The number of hydrogen-bond donors (Lipinski definition) is 2. The van der Waals surface area contributed by atoms with Crippen LogP contribution in [0.5, 0.6) is 0 Å². The first kappa shape index (κ1) is 12.8. The van der Waals surface area contributed by atoms with Crippen molar-refractivity contribution in [3.8, 4) is 0 Å². The summed E-state index contributed by atoms with van der Waals surface area (Å²) in [6, 6.07) is 0.328. The molecular weight excluding hydrogens is 212 g/mol. The van der Waals surface area contributed by atoms with Gasteiger partial charge in [-0.05, 0) is 38.1 Å². The molecule has 1 heterocycles. The highest BCUT2D eigenvalue weighted by Crippen LogP contribution is 2.56. The maximum absolute atomic E-state index is 11.8. The van der Waals surface area contributed by atoms with Gasteiger partial charge in [-0.3, -0.25) is 4.79 Å². The topological polar surface area (TPSA) is 41.1 Å². The highest BCUT2D eigenvalue weighted by Gasteiger charge is 2.58. The van der Waals surface area contributed by atoms with Gasteiger partial charge in [-0.25, -0.2) is 0 Å². The van der Waals surface area contributed by atoms with Gasteiger partial charge < -0.3 is 10.6 Å². The van der Waals surface area contributed by atoms with Crippen molar-refractivity contribution in [2.45, 2.75) is 39.2 Å². The maximum atomic E-state index is 11.8. The van der Waals surface area contributed by atoms with Crippen molar-refractivity contribution in [2.75, 3.05) is 13.1 Å². The predicted octanol–water partition coefficient (Wildman–Crippen LogP) is 1.32. The van der Waals surface area contributed by atoms with Gasteiger partial charge in [0.25, 0.3) is 0 Å². The molecule has 3 nitrogen and oxygen atoms in total. The summed E-state index contributed by atoms with van der Waals surface area (Å²) >= 11 is 0. The zero-order chi connectivity index (χ0) is 10.2. The zero-order valence-electron chi connectivity index (χ0n) is 9.51. The molecule has 4 heteroatoms. The van der Waals surface area contributed by atoms with E-state index in [1.165, 1.54) is 6.42 Å². The van der Waals surface area contributed by atoms with Gasteiger partial charge in [-0.15, -0.1) is 12.4 Å². The molecule has 1 saturated heterocycles. The number of amides is 1. The SMILES string of the molecule is CCC(C)NC(=O)C1CC12CCNC2.Cl. The molecule has 15 heavy (non-hydrogen) atoms. The number of carbonyl (C=O) groups excluding carboxylic acids is 1. The molecule has 0 aromatic carbocycles. The summed E-state index contributed by atoms with van der Waals surface area (Å²) in [4.78, 5) is 11.8. The number of carbonyl (C=O) groups is 1. The van der Waals surface area contributed by atoms with Crippen molar-refractivity contribution in [2.24, 2.45) is 11.3 Å². The number of hydrogen-bond acceptors (Lipinski definition) is 2. The molecule has 2 N–H and O–H groups in total. The smallest absolute Gasteiger partial charge is 0.223 e. The Morgan fingerprint density at radius 2 is 2.40 bits per heavy atom. The van der Waals surface area contributed by atoms with Gasteiger partial charge in [-0.1, -0.05) is 6.92 Å². The minimum absolute atomic E-state index is 0. The first-order chi connectivity index (χ1) is 6.68. The normalized spacial score (nSPS) is 34.7. The molecule has 2 rings (SSSR count). The van der Waals surface area contributed by atoms with Crippen LogP contribution in [0.3, 0.4) is 0 Å². The summed E-state index contributed by atoms with van der Waals surface area (Å²) < 4.78 is 0. The molecule has 1 amide bonds. The summed E-state index contributed by atoms with van der Waals surface area (Å²) in [5.74, 6) is 0.578. The molecule has 2 fully saturated rings. The first-order valence-corrected chi connectivity index (χ1v) is 5.69. The van der Waals surface area contributed by atoms with E-state index in [9.17, 15) is 4.79 Å². The second-order valence-corrected chi connectivity index (χ2v) is 4.86. The first-order valence-electron chi connectivity index (χ1n) is 5.69. The van der Waals surface area contributed by atoms with E-state index < -0.39 is 0 Å². The Balaban J connectivity index is 0.00000112. The molecule has 1 aliphatic carbocycles. The van der Waals surface area contributed by atoms with Gasteiger partial charge in [0.05, 0.1) is 0 Å². The molecule has 0 aromatic heterocycles. The van der Waals surface area contributed by atoms with E-state index in [1.807, 2.05) is 0 Å². The Kier molecular flexibility index (Phi) is 4.01. The van der Waals surface area contributed by atoms with Crippen LogP contribution in [-0.4, -0.2) is 25.0 Å². The molecule has 0 bridgehead atoms. The third-order valence-corrected chi connectivity index (χ3v) is 3.78. The lowest BCUT2D eigenvalue weighted by Crippen LogP contribution is -2.34. The van der Waals surface area contributed by atoms with E-state index in [4.69, 9.17) is 0 Å². The van der Waals surface area contributed by atoms with Crippen molar-refractivity contribution in [3.05, 3.63) is 0 Å². The molecule has 0 radical (unpaired) electrons. The second-order valence-electron chi connectivity index (χ2n) is 4.86. The fraction of sp³-hybridized carbons (Fsp3) is 0.909. The molecular formula is C11H21ClN2O. The van der Waals surface area contributed by atoms with Crippen LogP contribution < -0.4 is 10.6 Å². The number of nitrogens with one attached hydrogen (secondary N) is 2. The van der Waals surface area contributed by atoms with Crippen molar-refractivity contribution in [1.82, 2.24) is 10.6 Å². The van der Waals surface area contributed by atoms with E-state index in [0.29, 0.717) is 17.4 Å². The van der Waals surface area contributed by atoms with Gasteiger partial charge in [0.15, 0.2) is 0 Å². The standard InChI is InChI=1S/C11H20N2O.ClH/c1-3-8(2)13-10(14)9-6-11(9)4-5-12-7-11;/h8-9,12H,3-7H2,1-2H3,(H,13,14);1H. The fourth-order valence-electron chi connectivity index (χ4n) is 2.40. The lowest BCUT2D eigenvalue weighted by Gasteiger charge is -2.13. The molecule has 3 unspecified atom stereocenters. The average Bonchev–Trinajstić information content (AvgIpc) is 2.65. The minimum atomic E-state index is 0. The predicted molar refractivity (Wildman–Crippen MR) is 63.2 cm³/mol. The van der Waals surface area contributed by atoms with Gasteiger partial charge in [0.1, 0.15) is 0 Å². The highest BCUT2D eigenvalue weighted by atomic mass is 35.5. The van der Waals surface area contributed by atoms with Crippen molar-refractivity contribution >= 4 is 18.3 Å². The van der Waals surface area contributed by atoms with Crippen LogP contribution in [0, 0.1) is 11.3 Å². The Bertz CT molecular complexity index is 239. The van der Waals surface area contributed by atoms with Crippen LogP contribution in [0.25, 0.3) is 0 Å². The van der Waals surface area contributed by atoms with E-state index >= 15 is 0 Å². The highest BCUT2D eigenvalue weighted by molar-refractivity contribution is 5.85. The molecule has 3 atom stereocenters. The van der Waals surface area contributed by atoms with Crippen LogP contribution >= 0.6 is 12.4 Å². The minimum Gasteiger partial charge on any atom is -0.353 e. The zero-order valence-corrected chi connectivity index (χ0v) is 10.3. The fourth-order valence-corrected chi connectivity index (χ4v) is 2.40. The largest absolute Gasteiger partial charge is 0.353 e.